The highest BCUT2D eigenvalue weighted by Crippen LogP contribution is 2.27. The minimum atomic E-state index is -0.611. The summed E-state index contributed by atoms with van der Waals surface area (Å²) < 4.78 is 10.5. The van der Waals surface area contributed by atoms with E-state index in [-0.39, 0.29) is 17.8 Å². The van der Waals surface area contributed by atoms with Crippen LogP contribution in [0.25, 0.3) is 0 Å². The molecular weight excluding hydrogens is 383 g/mol. The summed E-state index contributed by atoms with van der Waals surface area (Å²) in [6.45, 7) is 0.584. The number of carbonyl (C=O) groups is 1. The van der Waals surface area contributed by atoms with Crippen molar-refractivity contribution in [3.8, 4) is 11.5 Å². The first-order chi connectivity index (χ1) is 12.4. The minimum Gasteiger partial charge on any atom is -0.497 e. The molecular formula is C17H16Cl2N2O5. The Morgan fingerprint density at radius 1 is 1.23 bits per heavy atom. The highest BCUT2D eigenvalue weighted by atomic mass is 35.5. The molecule has 0 aliphatic carbocycles. The van der Waals surface area contributed by atoms with E-state index in [4.69, 9.17) is 32.7 Å². The molecule has 0 radical (unpaired) electrons. The quantitative estimate of drug-likeness (QED) is 0.410. The van der Waals surface area contributed by atoms with Gasteiger partial charge in [-0.05, 0) is 36.8 Å². The SMILES string of the molecule is COc1ccc([N+](=O)[O-])c(C(=O)NCCCOc2ccc(Cl)cc2Cl)c1. The minimum absolute atomic E-state index is 0.0592. The van der Waals surface area contributed by atoms with E-state index in [1.165, 1.54) is 25.3 Å². The molecule has 2 aromatic rings. The van der Waals surface area contributed by atoms with Gasteiger partial charge in [0, 0.05) is 17.6 Å². The van der Waals surface area contributed by atoms with Crippen molar-refractivity contribution in [2.45, 2.75) is 6.42 Å². The van der Waals surface area contributed by atoms with Crippen molar-refractivity contribution in [3.63, 3.8) is 0 Å². The number of carbonyl (C=O) groups excluding carboxylic acids is 1. The lowest BCUT2D eigenvalue weighted by Crippen LogP contribution is -2.26. The smallest absolute Gasteiger partial charge is 0.282 e. The first-order valence-electron chi connectivity index (χ1n) is 7.61. The molecule has 2 aromatic carbocycles. The number of benzene rings is 2. The highest BCUT2D eigenvalue weighted by Gasteiger charge is 2.20. The summed E-state index contributed by atoms with van der Waals surface area (Å²) in [4.78, 5) is 22.7. The molecule has 0 aliphatic rings. The Bertz CT molecular complexity index is 814. The second kappa shape index (κ2) is 9.26. The molecule has 2 rings (SSSR count). The molecule has 7 nitrogen and oxygen atoms in total. The molecule has 0 atom stereocenters. The number of nitrogens with one attached hydrogen (secondary N) is 1. The molecule has 0 aliphatic heterocycles. The number of nitro groups is 1. The monoisotopic (exact) mass is 398 g/mol. The Kier molecular flexibility index (Phi) is 7.06. The van der Waals surface area contributed by atoms with E-state index in [1.807, 2.05) is 0 Å². The number of hydrogen-bond acceptors (Lipinski definition) is 5. The number of ether oxygens (including phenoxy) is 2. The molecule has 1 N–H and O–H groups in total. The van der Waals surface area contributed by atoms with Crippen LogP contribution in [0.4, 0.5) is 5.69 Å². The van der Waals surface area contributed by atoms with Gasteiger partial charge < -0.3 is 14.8 Å². The fourth-order valence-corrected chi connectivity index (χ4v) is 2.59. The number of nitrogens with zero attached hydrogens (tertiary/aromatic N) is 1. The van der Waals surface area contributed by atoms with E-state index in [0.29, 0.717) is 34.6 Å². The van der Waals surface area contributed by atoms with E-state index in [9.17, 15) is 14.9 Å². The van der Waals surface area contributed by atoms with Gasteiger partial charge in [-0.1, -0.05) is 23.2 Å². The lowest BCUT2D eigenvalue weighted by atomic mass is 10.1. The molecule has 0 heterocycles. The van der Waals surface area contributed by atoms with Gasteiger partial charge in [-0.25, -0.2) is 0 Å². The van der Waals surface area contributed by atoms with Gasteiger partial charge in [-0.3, -0.25) is 14.9 Å². The molecule has 0 saturated heterocycles. The van der Waals surface area contributed by atoms with Gasteiger partial charge in [0.1, 0.15) is 17.1 Å². The number of methoxy groups -OCH3 is 1. The van der Waals surface area contributed by atoms with Crippen LogP contribution in [0.3, 0.4) is 0 Å². The third-order valence-electron chi connectivity index (χ3n) is 3.40. The lowest BCUT2D eigenvalue weighted by Gasteiger charge is -2.09. The summed E-state index contributed by atoms with van der Waals surface area (Å²) >= 11 is 11.8. The molecule has 0 spiro atoms. The molecule has 9 heteroatoms. The second-order valence-corrected chi connectivity index (χ2v) is 6.02. The number of nitro benzene ring substituents is 1. The first kappa shape index (κ1) is 19.8. The Hall–Kier alpha value is -2.51. The van der Waals surface area contributed by atoms with Crippen LogP contribution < -0.4 is 14.8 Å². The van der Waals surface area contributed by atoms with Crippen LogP contribution in [0, 0.1) is 10.1 Å². The van der Waals surface area contributed by atoms with Gasteiger partial charge in [0.05, 0.1) is 23.7 Å². The van der Waals surface area contributed by atoms with Crippen molar-refractivity contribution in [3.05, 3.63) is 62.1 Å². The number of hydrogen-bond donors (Lipinski definition) is 1. The zero-order valence-electron chi connectivity index (χ0n) is 13.8. The van der Waals surface area contributed by atoms with E-state index in [0.717, 1.165) is 0 Å². The summed E-state index contributed by atoms with van der Waals surface area (Å²) in [5.74, 6) is 0.299. The maximum atomic E-state index is 12.2. The summed E-state index contributed by atoms with van der Waals surface area (Å²) in [7, 11) is 1.42. The van der Waals surface area contributed by atoms with Crippen molar-refractivity contribution >= 4 is 34.8 Å². The highest BCUT2D eigenvalue weighted by molar-refractivity contribution is 6.35. The van der Waals surface area contributed by atoms with Crippen LogP contribution in [-0.2, 0) is 0 Å². The molecule has 138 valence electrons. The maximum absolute atomic E-state index is 12.2. The third-order valence-corrected chi connectivity index (χ3v) is 3.93. The predicted molar refractivity (Wildman–Crippen MR) is 98.6 cm³/mol. The van der Waals surface area contributed by atoms with Gasteiger partial charge in [0.25, 0.3) is 11.6 Å². The van der Waals surface area contributed by atoms with Crippen LogP contribution in [-0.4, -0.2) is 31.1 Å². The van der Waals surface area contributed by atoms with E-state index in [2.05, 4.69) is 5.32 Å². The summed E-state index contributed by atoms with van der Waals surface area (Å²) in [5, 5.41) is 14.6. The lowest BCUT2D eigenvalue weighted by molar-refractivity contribution is -0.385. The van der Waals surface area contributed by atoms with Gasteiger partial charge in [-0.15, -0.1) is 0 Å². The van der Waals surface area contributed by atoms with Crippen LogP contribution in [0.5, 0.6) is 11.5 Å². The summed E-state index contributed by atoms with van der Waals surface area (Å²) in [6.07, 6.45) is 0.489. The van der Waals surface area contributed by atoms with Crippen molar-refractivity contribution in [2.24, 2.45) is 0 Å². The molecule has 0 aromatic heterocycles. The van der Waals surface area contributed by atoms with Crippen molar-refractivity contribution in [2.75, 3.05) is 20.3 Å². The standard InChI is InChI=1S/C17H16Cl2N2O5/c1-25-12-4-5-15(21(23)24)13(10-12)17(22)20-7-2-8-26-16-6-3-11(18)9-14(16)19/h3-6,9-10H,2,7-8H2,1H3,(H,20,22). The van der Waals surface area contributed by atoms with E-state index < -0.39 is 10.8 Å². The largest absolute Gasteiger partial charge is 0.497 e. The average Bonchev–Trinajstić information content (AvgIpc) is 2.62. The molecule has 0 fully saturated rings. The van der Waals surface area contributed by atoms with Crippen LogP contribution in [0.2, 0.25) is 10.0 Å². The molecule has 1 amide bonds. The van der Waals surface area contributed by atoms with Crippen LogP contribution >= 0.6 is 23.2 Å². The third kappa shape index (κ3) is 5.24. The number of amides is 1. The first-order valence-corrected chi connectivity index (χ1v) is 8.36. The fourth-order valence-electron chi connectivity index (χ4n) is 2.13. The van der Waals surface area contributed by atoms with E-state index >= 15 is 0 Å². The maximum Gasteiger partial charge on any atom is 0.282 e. The average molecular weight is 399 g/mol. The van der Waals surface area contributed by atoms with Crippen molar-refractivity contribution < 1.29 is 19.2 Å². The second-order valence-electron chi connectivity index (χ2n) is 5.17. The number of halogens is 2. The Labute approximate surface area is 160 Å². The van der Waals surface area contributed by atoms with Crippen molar-refractivity contribution in [1.82, 2.24) is 5.32 Å². The molecule has 0 bridgehead atoms. The summed E-state index contributed by atoms with van der Waals surface area (Å²) in [6, 6.07) is 8.88. The van der Waals surface area contributed by atoms with Gasteiger partial charge >= 0.3 is 0 Å². The summed E-state index contributed by atoms with van der Waals surface area (Å²) in [5.41, 5.74) is -0.344. The van der Waals surface area contributed by atoms with Gasteiger partial charge in [-0.2, -0.15) is 0 Å². The van der Waals surface area contributed by atoms with Crippen LogP contribution in [0.15, 0.2) is 36.4 Å². The zero-order valence-corrected chi connectivity index (χ0v) is 15.3. The topological polar surface area (TPSA) is 90.7 Å². The molecule has 0 unspecified atom stereocenters. The van der Waals surface area contributed by atoms with Crippen LogP contribution in [0.1, 0.15) is 16.8 Å². The Balaban J connectivity index is 1.88. The van der Waals surface area contributed by atoms with Crippen molar-refractivity contribution in [1.29, 1.82) is 0 Å². The van der Waals surface area contributed by atoms with Gasteiger partial charge in [0.2, 0.25) is 0 Å². The zero-order chi connectivity index (χ0) is 19.1. The van der Waals surface area contributed by atoms with Gasteiger partial charge in [0.15, 0.2) is 0 Å². The Morgan fingerprint density at radius 3 is 2.65 bits per heavy atom. The number of rotatable bonds is 8. The predicted octanol–water partition coefficient (Wildman–Crippen LogP) is 4.11. The molecule has 26 heavy (non-hydrogen) atoms. The normalized spacial score (nSPS) is 10.3. The fraction of sp³-hybridized carbons (Fsp3) is 0.235. The molecule has 0 saturated carbocycles. The van der Waals surface area contributed by atoms with E-state index in [1.54, 1.807) is 18.2 Å². The Morgan fingerprint density at radius 2 is 2.00 bits per heavy atom.